The molecule has 2 rings (SSSR count). The van der Waals surface area contributed by atoms with Crippen LogP contribution in [0.1, 0.15) is 34.3 Å². The maximum absolute atomic E-state index is 11.5. The Balaban J connectivity index is 1.83. The van der Waals surface area contributed by atoms with E-state index in [1.165, 1.54) is 18.3 Å². The molecule has 1 aromatic rings. The van der Waals surface area contributed by atoms with Gasteiger partial charge in [-0.3, -0.25) is 4.79 Å². The van der Waals surface area contributed by atoms with E-state index in [0.29, 0.717) is 13.0 Å². The first kappa shape index (κ1) is 12.7. The second kappa shape index (κ2) is 4.88. The van der Waals surface area contributed by atoms with Gasteiger partial charge in [0.05, 0.1) is 10.1 Å². The van der Waals surface area contributed by atoms with Crippen LogP contribution in [0.4, 0.5) is 0 Å². The zero-order chi connectivity index (χ0) is 12.5. The van der Waals surface area contributed by atoms with E-state index < -0.39 is 10.0 Å². The summed E-state index contributed by atoms with van der Waals surface area (Å²) in [6.45, 7) is 1.95. The van der Waals surface area contributed by atoms with Crippen LogP contribution in [0.3, 0.4) is 0 Å². The first-order valence-electron chi connectivity index (χ1n) is 5.57. The minimum atomic E-state index is -3.08. The van der Waals surface area contributed by atoms with Crippen LogP contribution in [0.25, 0.3) is 0 Å². The molecular formula is C11H15NO3S2. The Bertz CT molecular complexity index is 515. The van der Waals surface area contributed by atoms with Crippen molar-refractivity contribution in [2.24, 2.45) is 0 Å². The fourth-order valence-corrected chi connectivity index (χ4v) is 3.80. The molecule has 4 nitrogen and oxygen atoms in total. The maximum atomic E-state index is 11.5. The number of thiophene rings is 1. The largest absolute Gasteiger partial charge is 0.294 e. The summed E-state index contributed by atoms with van der Waals surface area (Å²) in [6.07, 6.45) is 2.20. The Morgan fingerprint density at radius 3 is 2.71 bits per heavy atom. The van der Waals surface area contributed by atoms with Gasteiger partial charge in [0, 0.05) is 11.4 Å². The Morgan fingerprint density at radius 1 is 1.47 bits per heavy atom. The first-order chi connectivity index (χ1) is 7.99. The van der Waals surface area contributed by atoms with Gasteiger partial charge in [-0.25, -0.2) is 13.1 Å². The molecule has 17 heavy (non-hydrogen) atoms. The number of hydrogen-bond acceptors (Lipinski definition) is 4. The average molecular weight is 273 g/mol. The SMILES string of the molecule is CC(=O)c1ccc(CCNS(=O)(=O)C2CC2)s1. The summed E-state index contributed by atoms with van der Waals surface area (Å²) in [4.78, 5) is 12.9. The van der Waals surface area contributed by atoms with E-state index in [4.69, 9.17) is 0 Å². The van der Waals surface area contributed by atoms with Gasteiger partial charge >= 0.3 is 0 Å². The van der Waals surface area contributed by atoms with Crippen molar-refractivity contribution >= 4 is 27.1 Å². The van der Waals surface area contributed by atoms with Gasteiger partial charge in [0.2, 0.25) is 10.0 Å². The summed E-state index contributed by atoms with van der Waals surface area (Å²) in [5.41, 5.74) is 0. The number of rotatable bonds is 6. The number of hydrogen-bond donors (Lipinski definition) is 1. The van der Waals surface area contributed by atoms with Crippen molar-refractivity contribution in [2.75, 3.05) is 6.54 Å². The van der Waals surface area contributed by atoms with E-state index in [9.17, 15) is 13.2 Å². The summed E-state index contributed by atoms with van der Waals surface area (Å²) < 4.78 is 25.7. The van der Waals surface area contributed by atoms with Gasteiger partial charge in [-0.15, -0.1) is 11.3 Å². The summed E-state index contributed by atoms with van der Waals surface area (Å²) in [7, 11) is -3.08. The summed E-state index contributed by atoms with van der Waals surface area (Å²) in [5.74, 6) is 0.0554. The molecule has 6 heteroatoms. The molecule has 1 heterocycles. The Morgan fingerprint density at radius 2 is 2.18 bits per heavy atom. The average Bonchev–Trinajstić information content (AvgIpc) is 3.00. The van der Waals surface area contributed by atoms with Crippen molar-refractivity contribution in [3.8, 4) is 0 Å². The molecular weight excluding hydrogens is 258 g/mol. The topological polar surface area (TPSA) is 63.2 Å². The number of nitrogens with one attached hydrogen (secondary N) is 1. The van der Waals surface area contributed by atoms with Crippen molar-refractivity contribution in [3.63, 3.8) is 0 Å². The van der Waals surface area contributed by atoms with Crippen LogP contribution in [0.5, 0.6) is 0 Å². The van der Waals surface area contributed by atoms with Crippen LogP contribution in [-0.4, -0.2) is 26.0 Å². The Kier molecular flexibility index (Phi) is 3.65. The molecule has 0 atom stereocenters. The number of carbonyl (C=O) groups excluding carboxylic acids is 1. The zero-order valence-electron chi connectivity index (χ0n) is 9.60. The quantitative estimate of drug-likeness (QED) is 0.800. The molecule has 0 saturated heterocycles. The van der Waals surface area contributed by atoms with Crippen LogP contribution in [-0.2, 0) is 16.4 Å². The minimum absolute atomic E-state index is 0.0554. The van der Waals surface area contributed by atoms with Crippen LogP contribution < -0.4 is 4.72 Å². The van der Waals surface area contributed by atoms with E-state index in [1.807, 2.05) is 6.07 Å². The molecule has 1 aliphatic carbocycles. The molecule has 0 spiro atoms. The van der Waals surface area contributed by atoms with Crippen molar-refractivity contribution in [1.82, 2.24) is 4.72 Å². The normalized spacial score (nSPS) is 16.1. The van der Waals surface area contributed by atoms with Crippen molar-refractivity contribution < 1.29 is 13.2 Å². The molecule has 0 aromatic carbocycles. The summed E-state index contributed by atoms with van der Waals surface area (Å²) >= 11 is 1.43. The van der Waals surface area contributed by atoms with Crippen molar-refractivity contribution in [1.29, 1.82) is 0 Å². The number of sulfonamides is 1. The molecule has 0 aliphatic heterocycles. The van der Waals surface area contributed by atoms with Crippen LogP contribution in [0, 0.1) is 0 Å². The van der Waals surface area contributed by atoms with E-state index >= 15 is 0 Å². The molecule has 0 bridgehead atoms. The van der Waals surface area contributed by atoms with Gasteiger partial charge < -0.3 is 0 Å². The lowest BCUT2D eigenvalue weighted by Crippen LogP contribution is -2.28. The van der Waals surface area contributed by atoms with Crippen molar-refractivity contribution in [2.45, 2.75) is 31.4 Å². The molecule has 1 aliphatic rings. The second-order valence-corrected chi connectivity index (χ2v) is 7.42. The molecule has 1 aromatic heterocycles. The highest BCUT2D eigenvalue weighted by atomic mass is 32.2. The van der Waals surface area contributed by atoms with E-state index in [1.54, 1.807) is 6.07 Å². The number of carbonyl (C=O) groups is 1. The molecule has 1 fully saturated rings. The fraction of sp³-hybridized carbons (Fsp3) is 0.545. The van der Waals surface area contributed by atoms with Gasteiger partial charge in [-0.05, 0) is 38.3 Å². The van der Waals surface area contributed by atoms with Crippen LogP contribution >= 0.6 is 11.3 Å². The van der Waals surface area contributed by atoms with Gasteiger partial charge in [-0.1, -0.05) is 0 Å². The van der Waals surface area contributed by atoms with Crippen molar-refractivity contribution in [3.05, 3.63) is 21.9 Å². The standard InChI is InChI=1S/C11H15NO3S2/c1-8(13)11-5-2-9(16-11)6-7-12-17(14,15)10-3-4-10/h2,5,10,12H,3-4,6-7H2,1H3. The monoisotopic (exact) mass is 273 g/mol. The molecule has 0 amide bonds. The third kappa shape index (κ3) is 3.37. The lowest BCUT2D eigenvalue weighted by molar-refractivity contribution is 0.102. The zero-order valence-corrected chi connectivity index (χ0v) is 11.2. The third-order valence-electron chi connectivity index (χ3n) is 2.65. The number of ketones is 1. The van der Waals surface area contributed by atoms with E-state index in [0.717, 1.165) is 22.6 Å². The molecule has 1 saturated carbocycles. The fourth-order valence-electron chi connectivity index (χ4n) is 1.51. The van der Waals surface area contributed by atoms with E-state index in [2.05, 4.69) is 4.72 Å². The predicted molar refractivity (Wildman–Crippen MR) is 68.0 cm³/mol. The van der Waals surface area contributed by atoms with Gasteiger partial charge in [0.1, 0.15) is 0 Å². The molecule has 0 unspecified atom stereocenters. The highest BCUT2D eigenvalue weighted by Gasteiger charge is 2.35. The van der Waals surface area contributed by atoms with Gasteiger partial charge in [-0.2, -0.15) is 0 Å². The van der Waals surface area contributed by atoms with Gasteiger partial charge in [0.25, 0.3) is 0 Å². The smallest absolute Gasteiger partial charge is 0.214 e. The maximum Gasteiger partial charge on any atom is 0.214 e. The molecule has 1 N–H and O–H groups in total. The third-order valence-corrected chi connectivity index (χ3v) is 5.85. The molecule has 94 valence electrons. The summed E-state index contributed by atoms with van der Waals surface area (Å²) in [6, 6.07) is 3.67. The number of Topliss-reactive ketones (excluding diaryl/α,β-unsaturated/α-hetero) is 1. The highest BCUT2D eigenvalue weighted by Crippen LogP contribution is 2.27. The summed E-state index contributed by atoms with van der Waals surface area (Å²) in [5, 5.41) is -0.168. The van der Waals surface area contributed by atoms with Crippen LogP contribution in [0.2, 0.25) is 0 Å². The highest BCUT2D eigenvalue weighted by molar-refractivity contribution is 7.90. The van der Waals surface area contributed by atoms with E-state index in [-0.39, 0.29) is 11.0 Å². The Labute approximate surface area is 105 Å². The molecule has 0 radical (unpaired) electrons. The second-order valence-electron chi connectivity index (χ2n) is 4.21. The van der Waals surface area contributed by atoms with Gasteiger partial charge in [0.15, 0.2) is 5.78 Å². The lowest BCUT2D eigenvalue weighted by Gasteiger charge is -2.03. The minimum Gasteiger partial charge on any atom is -0.294 e. The Hall–Kier alpha value is -0.720. The first-order valence-corrected chi connectivity index (χ1v) is 7.93. The van der Waals surface area contributed by atoms with Crippen LogP contribution in [0.15, 0.2) is 12.1 Å². The predicted octanol–water partition coefficient (Wildman–Crippen LogP) is 1.57. The lowest BCUT2D eigenvalue weighted by atomic mass is 10.3.